The van der Waals surface area contributed by atoms with E-state index in [0.717, 1.165) is 0 Å². The van der Waals surface area contributed by atoms with Crippen LogP contribution in [0.2, 0.25) is 0 Å². The van der Waals surface area contributed by atoms with Gasteiger partial charge in [0.25, 0.3) is 0 Å². The largest absolute Gasteiger partial charge is 0.387 e. The van der Waals surface area contributed by atoms with E-state index in [1.165, 1.54) is 0 Å². The van der Waals surface area contributed by atoms with E-state index in [1.54, 1.807) is 34.6 Å². The molecular weight excluding hydrogens is 248 g/mol. The molecule has 0 atom stereocenters. The average molecular weight is 264 g/mol. The zero-order valence-electron chi connectivity index (χ0n) is 9.51. The van der Waals surface area contributed by atoms with Crippen LogP contribution in [0.3, 0.4) is 0 Å². The summed E-state index contributed by atoms with van der Waals surface area (Å²) in [6.45, 7) is 7.97. The molecule has 1 radical (unpaired) electrons. The first-order valence-corrected chi connectivity index (χ1v) is 4.46. The molecule has 0 aliphatic rings. The number of Topliss-reactive ketones (excluding diaryl/α,β-unsaturated/α-hetero) is 1. The summed E-state index contributed by atoms with van der Waals surface area (Å²) >= 11 is 0. The van der Waals surface area contributed by atoms with Gasteiger partial charge in [-0.25, -0.2) is 4.79 Å². The Bertz CT molecular complexity index is 263. The first-order chi connectivity index (χ1) is 6.16. The average Bonchev–Trinajstić information content (AvgIpc) is 2.00. The predicted molar refractivity (Wildman–Crippen MR) is 50.4 cm³/mol. The number of ketones is 1. The fraction of sp³-hybridized carbons (Fsp3) is 0.700. The number of esters is 2. The monoisotopic (exact) mass is 263 g/mol. The van der Waals surface area contributed by atoms with Gasteiger partial charge in [0, 0.05) is 22.5 Å². The summed E-state index contributed by atoms with van der Waals surface area (Å²) in [5.74, 6) is -2.85. The van der Waals surface area contributed by atoms with Crippen LogP contribution in [0.1, 0.15) is 34.6 Å². The van der Waals surface area contributed by atoms with Crippen LogP contribution >= 0.6 is 0 Å². The molecule has 0 bridgehead atoms. The first-order valence-electron chi connectivity index (χ1n) is 4.46. The Balaban J connectivity index is 0. The minimum atomic E-state index is -1.07. The molecule has 0 aliphatic heterocycles. The van der Waals surface area contributed by atoms with Gasteiger partial charge in [-0.2, -0.15) is 0 Å². The van der Waals surface area contributed by atoms with Crippen LogP contribution in [-0.2, 0) is 36.2 Å². The van der Waals surface area contributed by atoms with Gasteiger partial charge in [0.05, 0.1) is 5.92 Å². The molecule has 4 nitrogen and oxygen atoms in total. The molecule has 0 aromatic rings. The van der Waals surface area contributed by atoms with Gasteiger partial charge in [-0.05, 0) is 0 Å². The number of ether oxygens (including phenoxy) is 1. The molecule has 0 amide bonds. The van der Waals surface area contributed by atoms with Crippen LogP contribution < -0.4 is 0 Å². The number of carbonyl (C=O) groups is 3. The smallest absolute Gasteiger partial charge is 0.382 e. The Hall–Kier alpha value is -0.671. The Labute approximate surface area is 100 Å². The van der Waals surface area contributed by atoms with Gasteiger partial charge in [-0.1, -0.05) is 34.6 Å². The maximum atomic E-state index is 11.3. The minimum Gasteiger partial charge on any atom is -0.387 e. The molecule has 0 aromatic heterocycles. The van der Waals surface area contributed by atoms with Gasteiger partial charge < -0.3 is 4.74 Å². The summed E-state index contributed by atoms with van der Waals surface area (Å²) in [5.41, 5.74) is -0.811. The molecule has 0 heterocycles. The molecule has 15 heavy (non-hydrogen) atoms. The SMILES string of the molecule is CC(C)C(=O)OC(=O)C(=O)C(C)(C)C.[Cu]. The quantitative estimate of drug-likeness (QED) is 0.326. The third-order valence-corrected chi connectivity index (χ3v) is 1.53. The molecule has 0 spiro atoms. The zero-order valence-corrected chi connectivity index (χ0v) is 10.5. The maximum absolute atomic E-state index is 11.3. The van der Waals surface area contributed by atoms with Gasteiger partial charge >= 0.3 is 11.9 Å². The fourth-order valence-corrected chi connectivity index (χ4v) is 0.562. The molecule has 0 saturated heterocycles. The number of hydrogen-bond acceptors (Lipinski definition) is 4. The topological polar surface area (TPSA) is 60.4 Å². The van der Waals surface area contributed by atoms with E-state index in [4.69, 9.17) is 0 Å². The van der Waals surface area contributed by atoms with Crippen molar-refractivity contribution in [3.63, 3.8) is 0 Å². The van der Waals surface area contributed by atoms with Crippen LogP contribution in [0.4, 0.5) is 0 Å². The van der Waals surface area contributed by atoms with Gasteiger partial charge in [-0.15, -0.1) is 0 Å². The van der Waals surface area contributed by atoms with Crippen molar-refractivity contribution in [1.29, 1.82) is 0 Å². The van der Waals surface area contributed by atoms with Crippen molar-refractivity contribution in [3.8, 4) is 0 Å². The Morgan fingerprint density at radius 1 is 1.07 bits per heavy atom. The summed E-state index contributed by atoms with van der Waals surface area (Å²) in [4.78, 5) is 33.4. The van der Waals surface area contributed by atoms with Crippen molar-refractivity contribution >= 4 is 17.7 Å². The Kier molecular flexibility index (Phi) is 6.73. The fourth-order valence-electron chi connectivity index (χ4n) is 0.562. The molecule has 0 rings (SSSR count). The van der Waals surface area contributed by atoms with Gasteiger partial charge in [0.15, 0.2) is 0 Å². The molecule has 0 unspecified atom stereocenters. The zero-order chi connectivity index (χ0) is 11.5. The second-order valence-corrected chi connectivity index (χ2v) is 4.44. The second kappa shape index (κ2) is 6.03. The number of carbonyl (C=O) groups excluding carboxylic acids is 3. The molecule has 91 valence electrons. The van der Waals surface area contributed by atoms with Crippen molar-refractivity contribution in [2.24, 2.45) is 11.3 Å². The molecule has 0 aliphatic carbocycles. The standard InChI is InChI=1S/C10H16O4.Cu/c1-6(2)8(12)14-9(13)7(11)10(3,4)5;/h6H,1-5H3;. The van der Waals surface area contributed by atoms with E-state index >= 15 is 0 Å². The summed E-state index contributed by atoms with van der Waals surface area (Å²) in [6, 6.07) is 0. The summed E-state index contributed by atoms with van der Waals surface area (Å²) in [6.07, 6.45) is 0. The van der Waals surface area contributed by atoms with Crippen molar-refractivity contribution < 1.29 is 36.2 Å². The van der Waals surface area contributed by atoms with Gasteiger partial charge in [0.2, 0.25) is 5.78 Å². The van der Waals surface area contributed by atoms with E-state index in [2.05, 4.69) is 4.74 Å². The van der Waals surface area contributed by atoms with Crippen LogP contribution in [0.15, 0.2) is 0 Å². The molecule has 5 heteroatoms. The van der Waals surface area contributed by atoms with Crippen molar-refractivity contribution in [2.45, 2.75) is 34.6 Å². The van der Waals surface area contributed by atoms with E-state index in [1.807, 2.05) is 0 Å². The molecular formula is C10H16CuO4. The molecule has 0 N–H and O–H groups in total. The van der Waals surface area contributed by atoms with Gasteiger partial charge in [0.1, 0.15) is 0 Å². The Morgan fingerprint density at radius 3 is 1.73 bits per heavy atom. The number of hydrogen-bond donors (Lipinski definition) is 0. The van der Waals surface area contributed by atoms with Gasteiger partial charge in [-0.3, -0.25) is 9.59 Å². The molecule has 0 fully saturated rings. The van der Waals surface area contributed by atoms with E-state index < -0.39 is 29.1 Å². The van der Waals surface area contributed by atoms with Crippen LogP contribution in [0, 0.1) is 11.3 Å². The third kappa shape index (κ3) is 5.70. The summed E-state index contributed by atoms with van der Waals surface area (Å²) < 4.78 is 4.37. The normalized spacial score (nSPS) is 10.5. The van der Waals surface area contributed by atoms with Crippen molar-refractivity contribution in [2.75, 3.05) is 0 Å². The van der Waals surface area contributed by atoms with E-state index in [9.17, 15) is 14.4 Å². The van der Waals surface area contributed by atoms with Crippen LogP contribution in [0.5, 0.6) is 0 Å². The molecule has 0 aromatic carbocycles. The van der Waals surface area contributed by atoms with Crippen molar-refractivity contribution in [3.05, 3.63) is 0 Å². The van der Waals surface area contributed by atoms with E-state index in [0.29, 0.717) is 0 Å². The maximum Gasteiger partial charge on any atom is 0.382 e. The third-order valence-electron chi connectivity index (χ3n) is 1.53. The van der Waals surface area contributed by atoms with Crippen molar-refractivity contribution in [1.82, 2.24) is 0 Å². The second-order valence-electron chi connectivity index (χ2n) is 4.44. The predicted octanol–water partition coefficient (Wildman–Crippen LogP) is 1.32. The minimum absolute atomic E-state index is 0. The van der Waals surface area contributed by atoms with E-state index in [-0.39, 0.29) is 17.1 Å². The van der Waals surface area contributed by atoms with Crippen LogP contribution in [0.25, 0.3) is 0 Å². The first kappa shape index (κ1) is 16.7. The van der Waals surface area contributed by atoms with Crippen LogP contribution in [-0.4, -0.2) is 17.7 Å². The Morgan fingerprint density at radius 2 is 1.47 bits per heavy atom. The summed E-state index contributed by atoms with van der Waals surface area (Å²) in [5, 5.41) is 0. The summed E-state index contributed by atoms with van der Waals surface area (Å²) in [7, 11) is 0. The number of rotatable bonds is 2. The molecule has 0 saturated carbocycles.